The Kier molecular flexibility index (Phi) is 4.39. The van der Waals surface area contributed by atoms with Gasteiger partial charge in [-0.05, 0) is 44.7 Å². The summed E-state index contributed by atoms with van der Waals surface area (Å²) in [6.07, 6.45) is 6.01. The Morgan fingerprint density at radius 2 is 2.19 bits per heavy atom. The number of pyridine rings is 1. The van der Waals surface area contributed by atoms with Crippen molar-refractivity contribution in [2.24, 2.45) is 0 Å². The molecule has 1 N–H and O–H groups in total. The fourth-order valence-corrected chi connectivity index (χ4v) is 2.57. The number of nitrogens with zero attached hydrogens (tertiary/aromatic N) is 2. The van der Waals surface area contributed by atoms with Crippen molar-refractivity contribution in [1.29, 1.82) is 0 Å². The lowest BCUT2D eigenvalue weighted by atomic mass is 10.3. The van der Waals surface area contributed by atoms with Crippen LogP contribution < -0.4 is 10.1 Å². The van der Waals surface area contributed by atoms with Crippen molar-refractivity contribution < 1.29 is 9.53 Å². The Morgan fingerprint density at radius 3 is 2.81 bits per heavy atom. The van der Waals surface area contributed by atoms with Crippen LogP contribution in [0.3, 0.4) is 0 Å². The lowest BCUT2D eigenvalue weighted by molar-refractivity contribution is -0.136. The molecule has 2 fully saturated rings. The normalized spacial score (nSPS) is 19.6. The fourth-order valence-electron chi connectivity index (χ4n) is 2.57. The fraction of sp³-hybridized carbons (Fsp3) is 0.625. The highest BCUT2D eigenvalue weighted by atomic mass is 16.5. The van der Waals surface area contributed by atoms with Crippen LogP contribution in [0.25, 0.3) is 0 Å². The number of carbonyl (C=O) groups excluding carboxylic acids is 1. The molecule has 0 spiro atoms. The third-order valence-corrected chi connectivity index (χ3v) is 4.03. The summed E-state index contributed by atoms with van der Waals surface area (Å²) >= 11 is 0. The largest absolute Gasteiger partial charge is 0.479 e. The van der Waals surface area contributed by atoms with Crippen LogP contribution in [0, 0.1) is 0 Å². The lowest BCUT2D eigenvalue weighted by Gasteiger charge is -2.21. The van der Waals surface area contributed by atoms with Crippen molar-refractivity contribution in [3.63, 3.8) is 0 Å². The summed E-state index contributed by atoms with van der Waals surface area (Å²) in [5.41, 5.74) is 1.01. The Labute approximate surface area is 125 Å². The minimum Gasteiger partial charge on any atom is -0.479 e. The van der Waals surface area contributed by atoms with E-state index in [0.717, 1.165) is 38.2 Å². The lowest BCUT2D eigenvalue weighted by Crippen LogP contribution is -2.38. The molecule has 21 heavy (non-hydrogen) atoms. The van der Waals surface area contributed by atoms with Crippen LogP contribution in [0.15, 0.2) is 18.3 Å². The van der Waals surface area contributed by atoms with Crippen LogP contribution in [0.1, 0.15) is 38.3 Å². The first kappa shape index (κ1) is 14.3. The zero-order valence-electron chi connectivity index (χ0n) is 12.5. The van der Waals surface area contributed by atoms with Crippen LogP contribution in [0.5, 0.6) is 5.75 Å². The average Bonchev–Trinajstić information content (AvgIpc) is 3.17. The minimum atomic E-state index is -0.444. The standard InChI is InChI=1S/C16H23N3O2/c1-12(16(20)19-8-2-3-9-19)21-15-7-6-14(18-11-15)10-17-13-4-5-13/h6-7,11-13,17H,2-5,8-10H2,1H3. The van der Waals surface area contributed by atoms with Gasteiger partial charge >= 0.3 is 0 Å². The van der Waals surface area contributed by atoms with Gasteiger partial charge in [-0.2, -0.15) is 0 Å². The maximum Gasteiger partial charge on any atom is 0.263 e. The maximum atomic E-state index is 12.2. The van der Waals surface area contributed by atoms with Crippen molar-refractivity contribution in [1.82, 2.24) is 15.2 Å². The first-order valence-corrected chi connectivity index (χ1v) is 7.86. The number of nitrogens with one attached hydrogen (secondary N) is 1. The van der Waals surface area contributed by atoms with Gasteiger partial charge in [0, 0.05) is 25.7 Å². The molecule has 5 nitrogen and oxygen atoms in total. The molecule has 1 amide bonds. The Bertz CT molecular complexity index is 479. The molecule has 1 saturated carbocycles. The van der Waals surface area contributed by atoms with Gasteiger partial charge in [0.1, 0.15) is 5.75 Å². The van der Waals surface area contributed by atoms with Crippen LogP contribution in [0.2, 0.25) is 0 Å². The molecule has 0 bridgehead atoms. The molecule has 114 valence electrons. The first-order chi connectivity index (χ1) is 10.2. The Balaban J connectivity index is 1.50. The Hall–Kier alpha value is -1.62. The van der Waals surface area contributed by atoms with Crippen molar-refractivity contribution >= 4 is 5.91 Å². The molecular weight excluding hydrogens is 266 g/mol. The molecule has 1 atom stereocenters. The summed E-state index contributed by atoms with van der Waals surface area (Å²) < 4.78 is 5.71. The van der Waals surface area contributed by atoms with Gasteiger partial charge in [-0.15, -0.1) is 0 Å². The average molecular weight is 289 g/mol. The summed E-state index contributed by atoms with van der Waals surface area (Å²) in [4.78, 5) is 18.4. The number of hydrogen-bond acceptors (Lipinski definition) is 4. The minimum absolute atomic E-state index is 0.0759. The van der Waals surface area contributed by atoms with E-state index in [1.54, 1.807) is 6.20 Å². The zero-order valence-corrected chi connectivity index (χ0v) is 12.5. The molecule has 1 unspecified atom stereocenters. The van der Waals surface area contributed by atoms with Crippen LogP contribution >= 0.6 is 0 Å². The quantitative estimate of drug-likeness (QED) is 0.866. The summed E-state index contributed by atoms with van der Waals surface area (Å²) in [5.74, 6) is 0.734. The van der Waals surface area contributed by atoms with E-state index in [1.165, 1.54) is 12.8 Å². The number of amides is 1. The maximum absolute atomic E-state index is 12.2. The van der Waals surface area contributed by atoms with E-state index in [0.29, 0.717) is 11.8 Å². The number of likely N-dealkylation sites (tertiary alicyclic amines) is 1. The van der Waals surface area contributed by atoms with Gasteiger partial charge in [0.15, 0.2) is 6.10 Å². The van der Waals surface area contributed by atoms with Gasteiger partial charge in [-0.25, -0.2) is 0 Å². The number of aromatic nitrogens is 1. The smallest absolute Gasteiger partial charge is 0.263 e. The molecule has 3 rings (SSSR count). The van der Waals surface area contributed by atoms with E-state index in [1.807, 2.05) is 24.0 Å². The zero-order chi connectivity index (χ0) is 14.7. The molecule has 2 aliphatic rings. The number of ether oxygens (including phenoxy) is 1. The second-order valence-electron chi connectivity index (χ2n) is 5.93. The number of carbonyl (C=O) groups is 1. The summed E-state index contributed by atoms with van der Waals surface area (Å²) in [6, 6.07) is 4.53. The van der Waals surface area contributed by atoms with E-state index >= 15 is 0 Å². The van der Waals surface area contributed by atoms with Gasteiger partial charge in [0.25, 0.3) is 5.91 Å². The monoisotopic (exact) mass is 289 g/mol. The molecule has 5 heteroatoms. The van der Waals surface area contributed by atoms with Gasteiger partial charge in [0.05, 0.1) is 11.9 Å². The second-order valence-corrected chi connectivity index (χ2v) is 5.93. The first-order valence-electron chi connectivity index (χ1n) is 7.86. The third-order valence-electron chi connectivity index (χ3n) is 4.03. The van der Waals surface area contributed by atoms with E-state index in [4.69, 9.17) is 4.74 Å². The molecule has 0 radical (unpaired) electrons. The van der Waals surface area contributed by atoms with Crippen molar-refractivity contribution in [3.8, 4) is 5.75 Å². The molecule has 1 aliphatic heterocycles. The predicted octanol–water partition coefficient (Wildman–Crippen LogP) is 1.72. The molecule has 1 aliphatic carbocycles. The van der Waals surface area contributed by atoms with Gasteiger partial charge < -0.3 is 15.0 Å². The molecular formula is C16H23N3O2. The molecule has 1 aromatic heterocycles. The third kappa shape index (κ3) is 3.94. The summed E-state index contributed by atoms with van der Waals surface area (Å²) in [6.45, 7) is 4.32. The topological polar surface area (TPSA) is 54.5 Å². The van der Waals surface area contributed by atoms with E-state index in [2.05, 4.69) is 10.3 Å². The number of rotatable bonds is 6. The van der Waals surface area contributed by atoms with Crippen LogP contribution in [-0.4, -0.2) is 41.0 Å². The van der Waals surface area contributed by atoms with Crippen molar-refractivity contribution in [3.05, 3.63) is 24.0 Å². The van der Waals surface area contributed by atoms with Gasteiger partial charge in [-0.3, -0.25) is 9.78 Å². The van der Waals surface area contributed by atoms with Gasteiger partial charge in [-0.1, -0.05) is 0 Å². The highest BCUT2D eigenvalue weighted by Crippen LogP contribution is 2.19. The van der Waals surface area contributed by atoms with Crippen LogP contribution in [0.4, 0.5) is 0 Å². The van der Waals surface area contributed by atoms with Crippen LogP contribution in [-0.2, 0) is 11.3 Å². The van der Waals surface area contributed by atoms with Crippen molar-refractivity contribution in [2.45, 2.75) is 51.3 Å². The van der Waals surface area contributed by atoms with Crippen molar-refractivity contribution in [2.75, 3.05) is 13.1 Å². The molecule has 1 saturated heterocycles. The van der Waals surface area contributed by atoms with E-state index < -0.39 is 6.10 Å². The molecule has 2 heterocycles. The highest BCUT2D eigenvalue weighted by molar-refractivity contribution is 5.81. The second kappa shape index (κ2) is 6.43. The van der Waals surface area contributed by atoms with Gasteiger partial charge in [0.2, 0.25) is 0 Å². The SMILES string of the molecule is CC(Oc1ccc(CNC2CC2)nc1)C(=O)N1CCCC1. The Morgan fingerprint density at radius 1 is 1.43 bits per heavy atom. The van der Waals surface area contributed by atoms with E-state index in [9.17, 15) is 4.79 Å². The predicted molar refractivity (Wildman–Crippen MR) is 80.0 cm³/mol. The molecule has 0 aromatic carbocycles. The number of hydrogen-bond donors (Lipinski definition) is 1. The highest BCUT2D eigenvalue weighted by Gasteiger charge is 2.24. The van der Waals surface area contributed by atoms with E-state index in [-0.39, 0.29) is 5.91 Å². The summed E-state index contributed by atoms with van der Waals surface area (Å²) in [5, 5.41) is 3.42. The molecule has 1 aromatic rings. The summed E-state index contributed by atoms with van der Waals surface area (Å²) in [7, 11) is 0.